The first-order valence-corrected chi connectivity index (χ1v) is 6.01. The van der Waals surface area contributed by atoms with Crippen molar-refractivity contribution in [3.8, 4) is 0 Å². The molecule has 0 saturated carbocycles. The third-order valence-electron chi connectivity index (χ3n) is 2.57. The van der Waals surface area contributed by atoms with Crippen molar-refractivity contribution in [2.24, 2.45) is 5.73 Å². The Hall–Kier alpha value is -0.450. The molecule has 0 radical (unpaired) electrons. The molecule has 78 valence electrons. The Morgan fingerprint density at radius 1 is 1.64 bits per heavy atom. The molecule has 1 aliphatic rings. The standard InChI is InChI=1S/C10H16N2OS/c1-2-10-12-8(6-14-10)9-4-3-7(5-11)13-9/h6-7,9H,2-5,11H2,1H3. The second-order valence-electron chi connectivity index (χ2n) is 3.58. The molecule has 1 aromatic rings. The molecule has 4 heteroatoms. The third kappa shape index (κ3) is 1.97. The number of thiazole rings is 1. The van der Waals surface area contributed by atoms with Crippen molar-refractivity contribution < 1.29 is 4.74 Å². The fraction of sp³-hybridized carbons (Fsp3) is 0.700. The third-order valence-corrected chi connectivity index (χ3v) is 3.58. The highest BCUT2D eigenvalue weighted by Crippen LogP contribution is 2.32. The Morgan fingerprint density at radius 2 is 2.50 bits per heavy atom. The molecule has 1 fully saturated rings. The van der Waals surface area contributed by atoms with Gasteiger partial charge in [0, 0.05) is 11.9 Å². The van der Waals surface area contributed by atoms with E-state index in [1.165, 1.54) is 5.01 Å². The normalized spacial score (nSPS) is 27.0. The van der Waals surface area contributed by atoms with Crippen LogP contribution in [-0.2, 0) is 11.2 Å². The Morgan fingerprint density at radius 3 is 3.07 bits per heavy atom. The summed E-state index contributed by atoms with van der Waals surface area (Å²) >= 11 is 1.72. The van der Waals surface area contributed by atoms with E-state index in [4.69, 9.17) is 10.5 Å². The molecule has 0 bridgehead atoms. The van der Waals surface area contributed by atoms with Gasteiger partial charge in [-0.25, -0.2) is 4.98 Å². The number of hydrogen-bond acceptors (Lipinski definition) is 4. The van der Waals surface area contributed by atoms with Crippen molar-refractivity contribution in [3.05, 3.63) is 16.1 Å². The van der Waals surface area contributed by atoms with Crippen molar-refractivity contribution in [1.82, 2.24) is 4.98 Å². The van der Waals surface area contributed by atoms with E-state index in [1.807, 2.05) is 0 Å². The van der Waals surface area contributed by atoms with Gasteiger partial charge in [-0.05, 0) is 19.3 Å². The van der Waals surface area contributed by atoms with E-state index in [2.05, 4.69) is 17.3 Å². The molecule has 0 aliphatic carbocycles. The largest absolute Gasteiger partial charge is 0.367 e. The van der Waals surface area contributed by atoms with E-state index in [1.54, 1.807) is 11.3 Å². The molecule has 0 aromatic carbocycles. The summed E-state index contributed by atoms with van der Waals surface area (Å²) in [5, 5.41) is 3.31. The van der Waals surface area contributed by atoms with Gasteiger partial charge in [-0.2, -0.15) is 0 Å². The fourth-order valence-corrected chi connectivity index (χ4v) is 2.52. The number of hydrogen-bond donors (Lipinski definition) is 1. The first kappa shape index (κ1) is 10.1. The Kier molecular flexibility index (Phi) is 3.15. The molecule has 14 heavy (non-hydrogen) atoms. The van der Waals surface area contributed by atoms with E-state index >= 15 is 0 Å². The molecule has 1 aliphatic heterocycles. The lowest BCUT2D eigenvalue weighted by Crippen LogP contribution is -2.18. The van der Waals surface area contributed by atoms with Crippen LogP contribution in [0, 0.1) is 0 Å². The van der Waals surface area contributed by atoms with Gasteiger partial charge in [0.15, 0.2) is 0 Å². The first-order valence-electron chi connectivity index (χ1n) is 5.13. The van der Waals surface area contributed by atoms with Gasteiger partial charge >= 0.3 is 0 Å². The molecular formula is C10H16N2OS. The van der Waals surface area contributed by atoms with Gasteiger partial charge in [0.1, 0.15) is 6.10 Å². The highest BCUT2D eigenvalue weighted by molar-refractivity contribution is 7.09. The van der Waals surface area contributed by atoms with Crippen LogP contribution in [-0.4, -0.2) is 17.6 Å². The van der Waals surface area contributed by atoms with E-state index in [-0.39, 0.29) is 12.2 Å². The highest BCUT2D eigenvalue weighted by Gasteiger charge is 2.26. The minimum atomic E-state index is 0.195. The van der Waals surface area contributed by atoms with E-state index in [0.717, 1.165) is 25.0 Å². The summed E-state index contributed by atoms with van der Waals surface area (Å²) in [5.74, 6) is 0. The summed E-state index contributed by atoms with van der Waals surface area (Å²) in [5.41, 5.74) is 6.66. The minimum absolute atomic E-state index is 0.195. The molecule has 2 rings (SSSR count). The van der Waals surface area contributed by atoms with Gasteiger partial charge in [-0.3, -0.25) is 0 Å². The number of ether oxygens (including phenoxy) is 1. The lowest BCUT2D eigenvalue weighted by molar-refractivity contribution is 0.0477. The van der Waals surface area contributed by atoms with E-state index in [9.17, 15) is 0 Å². The van der Waals surface area contributed by atoms with Crippen molar-refractivity contribution in [3.63, 3.8) is 0 Å². The second kappa shape index (κ2) is 4.38. The van der Waals surface area contributed by atoms with Crippen molar-refractivity contribution in [1.29, 1.82) is 0 Å². The molecule has 0 amide bonds. The minimum Gasteiger partial charge on any atom is -0.367 e. The van der Waals surface area contributed by atoms with Crippen molar-refractivity contribution in [2.75, 3.05) is 6.54 Å². The van der Waals surface area contributed by atoms with Crippen LogP contribution in [0.25, 0.3) is 0 Å². The molecule has 1 saturated heterocycles. The summed E-state index contributed by atoms with van der Waals surface area (Å²) in [6.45, 7) is 2.75. The molecular weight excluding hydrogens is 196 g/mol. The van der Waals surface area contributed by atoms with E-state index in [0.29, 0.717) is 6.54 Å². The monoisotopic (exact) mass is 212 g/mol. The van der Waals surface area contributed by atoms with Crippen molar-refractivity contribution in [2.45, 2.75) is 38.4 Å². The molecule has 2 heterocycles. The molecule has 2 atom stereocenters. The average Bonchev–Trinajstić information content (AvgIpc) is 2.86. The molecule has 2 N–H and O–H groups in total. The van der Waals surface area contributed by atoms with E-state index < -0.39 is 0 Å². The fourth-order valence-electron chi connectivity index (χ4n) is 1.73. The summed E-state index contributed by atoms with van der Waals surface area (Å²) in [7, 11) is 0. The topological polar surface area (TPSA) is 48.1 Å². The summed E-state index contributed by atoms with van der Waals surface area (Å²) < 4.78 is 5.77. The lowest BCUT2D eigenvalue weighted by atomic mass is 10.1. The van der Waals surface area contributed by atoms with Gasteiger partial charge in [0.2, 0.25) is 0 Å². The second-order valence-corrected chi connectivity index (χ2v) is 4.52. The Bertz CT molecular complexity index is 300. The van der Waals surface area contributed by atoms with Crippen molar-refractivity contribution >= 4 is 11.3 Å². The van der Waals surface area contributed by atoms with Crippen LogP contribution in [0.3, 0.4) is 0 Å². The molecule has 1 aromatic heterocycles. The first-order chi connectivity index (χ1) is 6.83. The van der Waals surface area contributed by atoms with Crippen LogP contribution in [0.5, 0.6) is 0 Å². The summed E-state index contributed by atoms with van der Waals surface area (Å²) in [4.78, 5) is 4.53. The summed E-state index contributed by atoms with van der Waals surface area (Å²) in [6, 6.07) is 0. The van der Waals surface area contributed by atoms with Crippen LogP contribution in [0.15, 0.2) is 5.38 Å². The maximum absolute atomic E-state index is 5.77. The molecule has 2 unspecified atom stereocenters. The zero-order chi connectivity index (χ0) is 9.97. The van der Waals surface area contributed by atoms with Gasteiger partial charge in [0.25, 0.3) is 0 Å². The molecule has 0 spiro atoms. The van der Waals surface area contributed by atoms with Crippen LogP contribution in [0.1, 0.15) is 36.6 Å². The highest BCUT2D eigenvalue weighted by atomic mass is 32.1. The average molecular weight is 212 g/mol. The number of nitrogens with zero attached hydrogens (tertiary/aromatic N) is 1. The van der Waals surface area contributed by atoms with Gasteiger partial charge in [-0.1, -0.05) is 6.92 Å². The number of rotatable bonds is 3. The zero-order valence-electron chi connectivity index (χ0n) is 8.40. The van der Waals surface area contributed by atoms with Gasteiger partial charge < -0.3 is 10.5 Å². The van der Waals surface area contributed by atoms with Crippen LogP contribution in [0.2, 0.25) is 0 Å². The lowest BCUT2D eigenvalue weighted by Gasteiger charge is -2.09. The van der Waals surface area contributed by atoms with Crippen LogP contribution >= 0.6 is 11.3 Å². The Balaban J connectivity index is 2.02. The smallest absolute Gasteiger partial charge is 0.101 e. The molecule has 3 nitrogen and oxygen atoms in total. The maximum atomic E-state index is 5.77. The predicted octanol–water partition coefficient (Wildman–Crippen LogP) is 1.88. The predicted molar refractivity (Wildman–Crippen MR) is 57.4 cm³/mol. The summed E-state index contributed by atoms with van der Waals surface area (Å²) in [6.07, 6.45) is 3.58. The maximum Gasteiger partial charge on any atom is 0.101 e. The van der Waals surface area contributed by atoms with Crippen LogP contribution < -0.4 is 5.73 Å². The number of nitrogens with two attached hydrogens (primary N) is 1. The zero-order valence-corrected chi connectivity index (χ0v) is 9.22. The van der Waals surface area contributed by atoms with Gasteiger partial charge in [0.05, 0.1) is 16.8 Å². The quantitative estimate of drug-likeness (QED) is 0.832. The number of aromatic nitrogens is 1. The van der Waals surface area contributed by atoms with Crippen LogP contribution in [0.4, 0.5) is 0 Å². The SMILES string of the molecule is CCc1nc(C2CCC(CN)O2)cs1. The van der Waals surface area contributed by atoms with Gasteiger partial charge in [-0.15, -0.1) is 11.3 Å². The Labute approximate surface area is 88.3 Å². The number of aryl methyl sites for hydroxylation is 1.